The Bertz CT molecular complexity index is 464. The summed E-state index contributed by atoms with van der Waals surface area (Å²) in [5, 5.41) is 3.20. The molecule has 0 aliphatic heterocycles. The summed E-state index contributed by atoms with van der Waals surface area (Å²) in [5.74, 6) is 0.0207. The third-order valence-corrected chi connectivity index (χ3v) is 7.47. The first-order chi connectivity index (χ1) is 12.1. The molecule has 0 radical (unpaired) electrons. The molecule has 3 aliphatic rings. The van der Waals surface area contributed by atoms with Gasteiger partial charge in [-0.25, -0.2) is 4.79 Å². The average Bonchev–Trinajstić information content (AvgIpc) is 2.64. The fraction of sp³-hybridized carbons (Fsp3) is 0.900. The van der Waals surface area contributed by atoms with Gasteiger partial charge in [-0.1, -0.05) is 73.7 Å². The molecule has 25 heavy (non-hydrogen) atoms. The number of hydrogen-bond acceptors (Lipinski definition) is 2. The van der Waals surface area contributed by atoms with E-state index in [1.807, 2.05) is 0 Å². The Morgan fingerprint density at radius 3 is 1.92 bits per heavy atom. The summed E-state index contributed by atoms with van der Waals surface area (Å²) in [5.41, 5.74) is 0. The van der Waals surface area contributed by atoms with Gasteiger partial charge >= 0.3 is 6.03 Å². The fourth-order valence-electron chi connectivity index (χ4n) is 4.80. The molecular weight excluding hydrogens is 380 g/mol. The molecule has 0 heterocycles. The molecule has 3 amide bonds. The molecule has 142 valence electrons. The summed E-state index contributed by atoms with van der Waals surface area (Å²) in [6, 6.07) is 0.201. The summed E-state index contributed by atoms with van der Waals surface area (Å²) < 4.78 is -0.521. The highest BCUT2D eigenvalue weighted by Gasteiger charge is 2.44. The van der Waals surface area contributed by atoms with Crippen LogP contribution < -0.4 is 5.32 Å². The number of amides is 3. The maximum atomic E-state index is 13.4. The van der Waals surface area contributed by atoms with Crippen molar-refractivity contribution in [2.45, 2.75) is 113 Å². The second kappa shape index (κ2) is 8.88. The largest absolute Gasteiger partial charge is 0.335 e. The number of imide groups is 1. The van der Waals surface area contributed by atoms with Gasteiger partial charge in [-0.15, -0.1) is 0 Å². The number of carbonyl (C=O) groups is 2. The molecule has 0 aromatic carbocycles. The summed E-state index contributed by atoms with van der Waals surface area (Å²) in [7, 11) is 0. The smallest absolute Gasteiger partial charge is 0.324 e. The summed E-state index contributed by atoms with van der Waals surface area (Å²) in [4.78, 5) is 28.2. The van der Waals surface area contributed by atoms with Gasteiger partial charge < -0.3 is 5.32 Å². The molecule has 4 nitrogen and oxygen atoms in total. The minimum atomic E-state index is -0.521. The van der Waals surface area contributed by atoms with Crippen LogP contribution in [0.15, 0.2) is 0 Å². The van der Waals surface area contributed by atoms with Crippen molar-refractivity contribution in [2.75, 3.05) is 0 Å². The zero-order chi connectivity index (χ0) is 17.7. The highest BCUT2D eigenvalue weighted by molar-refractivity contribution is 9.10. The van der Waals surface area contributed by atoms with Crippen LogP contribution in [0.1, 0.15) is 96.3 Å². The first-order valence-electron chi connectivity index (χ1n) is 10.4. The van der Waals surface area contributed by atoms with Crippen molar-refractivity contribution in [1.29, 1.82) is 0 Å². The Hall–Kier alpha value is -0.580. The highest BCUT2D eigenvalue weighted by Crippen LogP contribution is 2.39. The molecule has 0 unspecified atom stereocenters. The minimum absolute atomic E-state index is 0.0207. The third-order valence-electron chi connectivity index (χ3n) is 6.34. The van der Waals surface area contributed by atoms with Crippen LogP contribution in [0.5, 0.6) is 0 Å². The zero-order valence-electron chi connectivity index (χ0n) is 15.4. The number of nitrogens with one attached hydrogen (secondary N) is 1. The van der Waals surface area contributed by atoms with Crippen LogP contribution in [-0.4, -0.2) is 33.2 Å². The predicted octanol–water partition coefficient (Wildman–Crippen LogP) is 5.29. The number of nitrogens with zero attached hydrogens (tertiary/aromatic N) is 1. The molecule has 0 bridgehead atoms. The molecule has 0 aromatic rings. The van der Waals surface area contributed by atoms with Gasteiger partial charge in [0.05, 0.1) is 0 Å². The normalized spacial score (nSPS) is 25.3. The van der Waals surface area contributed by atoms with Crippen LogP contribution in [-0.2, 0) is 4.79 Å². The lowest BCUT2D eigenvalue weighted by molar-refractivity contribution is -0.133. The van der Waals surface area contributed by atoms with Gasteiger partial charge in [-0.2, -0.15) is 0 Å². The molecule has 0 atom stereocenters. The lowest BCUT2D eigenvalue weighted by atomic mass is 9.86. The van der Waals surface area contributed by atoms with Crippen LogP contribution in [0.4, 0.5) is 4.79 Å². The molecule has 3 fully saturated rings. The van der Waals surface area contributed by atoms with Crippen molar-refractivity contribution in [1.82, 2.24) is 10.2 Å². The van der Waals surface area contributed by atoms with E-state index in [1.165, 1.54) is 32.1 Å². The van der Waals surface area contributed by atoms with Crippen LogP contribution in [0.3, 0.4) is 0 Å². The number of hydrogen-bond donors (Lipinski definition) is 1. The topological polar surface area (TPSA) is 49.4 Å². The van der Waals surface area contributed by atoms with Gasteiger partial charge in [-0.05, 0) is 38.5 Å². The Morgan fingerprint density at radius 2 is 1.32 bits per heavy atom. The Balaban J connectivity index is 1.73. The molecule has 0 saturated heterocycles. The monoisotopic (exact) mass is 412 g/mol. The van der Waals surface area contributed by atoms with Crippen molar-refractivity contribution in [3.05, 3.63) is 0 Å². The van der Waals surface area contributed by atoms with Crippen LogP contribution >= 0.6 is 15.9 Å². The number of alkyl halides is 1. The van der Waals surface area contributed by atoms with Gasteiger partial charge in [0.15, 0.2) is 0 Å². The van der Waals surface area contributed by atoms with Gasteiger partial charge in [0.2, 0.25) is 5.91 Å². The first-order valence-corrected chi connectivity index (χ1v) is 11.2. The SMILES string of the molecule is O=C(NC1CCCCC1)N(C(=O)C1(Br)CCCCC1)C1CCCCC1. The molecule has 0 spiro atoms. The van der Waals surface area contributed by atoms with E-state index < -0.39 is 4.32 Å². The molecule has 3 rings (SSSR count). The van der Waals surface area contributed by atoms with Gasteiger partial charge in [0, 0.05) is 12.1 Å². The van der Waals surface area contributed by atoms with Gasteiger partial charge in [0.25, 0.3) is 0 Å². The quantitative estimate of drug-likeness (QED) is 0.640. The number of halogens is 1. The zero-order valence-corrected chi connectivity index (χ0v) is 17.0. The van der Waals surface area contributed by atoms with E-state index in [2.05, 4.69) is 21.2 Å². The van der Waals surface area contributed by atoms with Crippen LogP contribution in [0, 0.1) is 0 Å². The fourth-order valence-corrected chi connectivity index (χ4v) is 5.55. The standard InChI is InChI=1S/C20H33BrN2O2/c21-20(14-8-3-9-15-20)18(24)23(17-12-6-2-7-13-17)19(25)22-16-10-4-1-5-11-16/h16-17H,1-15H2,(H,22,25). The molecule has 3 saturated carbocycles. The lowest BCUT2D eigenvalue weighted by Gasteiger charge is -2.40. The molecular formula is C20H33BrN2O2. The summed E-state index contributed by atoms with van der Waals surface area (Å²) >= 11 is 3.75. The first kappa shape index (κ1) is 19.2. The lowest BCUT2D eigenvalue weighted by Crippen LogP contribution is -2.58. The summed E-state index contributed by atoms with van der Waals surface area (Å²) in [6.07, 6.45) is 16.2. The summed E-state index contributed by atoms with van der Waals surface area (Å²) in [6.45, 7) is 0. The second-order valence-electron chi connectivity index (χ2n) is 8.28. The Kier molecular flexibility index (Phi) is 6.81. The van der Waals surface area contributed by atoms with E-state index >= 15 is 0 Å². The van der Waals surface area contributed by atoms with Crippen LogP contribution in [0.25, 0.3) is 0 Å². The van der Waals surface area contributed by atoms with Gasteiger partial charge in [-0.3, -0.25) is 9.69 Å². The molecule has 1 N–H and O–H groups in total. The van der Waals surface area contributed by atoms with E-state index in [1.54, 1.807) is 4.90 Å². The van der Waals surface area contributed by atoms with E-state index in [-0.39, 0.29) is 24.0 Å². The Morgan fingerprint density at radius 1 is 0.800 bits per heavy atom. The second-order valence-corrected chi connectivity index (χ2v) is 9.80. The maximum Gasteiger partial charge on any atom is 0.324 e. The van der Waals surface area contributed by atoms with Crippen LogP contribution in [0.2, 0.25) is 0 Å². The van der Waals surface area contributed by atoms with E-state index in [0.717, 1.165) is 64.2 Å². The van der Waals surface area contributed by atoms with Crippen molar-refractivity contribution < 1.29 is 9.59 Å². The van der Waals surface area contributed by atoms with Gasteiger partial charge in [0.1, 0.15) is 4.32 Å². The van der Waals surface area contributed by atoms with Crippen molar-refractivity contribution >= 4 is 27.9 Å². The molecule has 5 heteroatoms. The predicted molar refractivity (Wildman–Crippen MR) is 104 cm³/mol. The maximum absolute atomic E-state index is 13.4. The Labute approximate surface area is 160 Å². The molecule has 0 aromatic heterocycles. The highest BCUT2D eigenvalue weighted by atomic mass is 79.9. The molecule has 3 aliphatic carbocycles. The van der Waals surface area contributed by atoms with E-state index in [0.29, 0.717) is 0 Å². The van der Waals surface area contributed by atoms with Crippen molar-refractivity contribution in [2.24, 2.45) is 0 Å². The number of carbonyl (C=O) groups excluding carboxylic acids is 2. The number of urea groups is 1. The average molecular weight is 413 g/mol. The third kappa shape index (κ3) is 4.78. The number of rotatable bonds is 3. The van der Waals surface area contributed by atoms with Crippen molar-refractivity contribution in [3.63, 3.8) is 0 Å². The van der Waals surface area contributed by atoms with E-state index in [9.17, 15) is 9.59 Å². The van der Waals surface area contributed by atoms with Crippen molar-refractivity contribution in [3.8, 4) is 0 Å². The van der Waals surface area contributed by atoms with E-state index in [4.69, 9.17) is 0 Å². The minimum Gasteiger partial charge on any atom is -0.335 e.